The van der Waals surface area contributed by atoms with Gasteiger partial charge in [0.05, 0.1) is 48.9 Å². The second kappa shape index (κ2) is 7.68. The zero-order valence-electron chi connectivity index (χ0n) is 17.6. The molecule has 4 aromatic rings. The summed E-state index contributed by atoms with van der Waals surface area (Å²) in [7, 11) is 0. The van der Waals surface area contributed by atoms with Crippen molar-refractivity contribution < 1.29 is 14.4 Å². The third-order valence-electron chi connectivity index (χ3n) is 6.28. The van der Waals surface area contributed by atoms with Crippen LogP contribution in [0.4, 0.5) is 6.01 Å². The van der Waals surface area contributed by atoms with Gasteiger partial charge in [0.1, 0.15) is 11.3 Å². The van der Waals surface area contributed by atoms with Crippen molar-refractivity contribution in [2.45, 2.75) is 44.4 Å². The van der Waals surface area contributed by atoms with Gasteiger partial charge in [-0.2, -0.15) is 4.98 Å². The number of hydrogen-bond acceptors (Lipinski definition) is 8. The summed E-state index contributed by atoms with van der Waals surface area (Å²) in [5, 5.41) is 15.4. The van der Waals surface area contributed by atoms with Gasteiger partial charge in [-0.3, -0.25) is 4.98 Å². The summed E-state index contributed by atoms with van der Waals surface area (Å²) in [5.41, 5.74) is 2.73. The fraction of sp³-hybridized carbons (Fsp3) is 0.455. The van der Waals surface area contributed by atoms with E-state index in [0.717, 1.165) is 40.6 Å². The number of halogens is 1. The van der Waals surface area contributed by atoms with Crippen LogP contribution in [-0.2, 0) is 11.2 Å². The highest BCUT2D eigenvalue weighted by Crippen LogP contribution is 2.35. The van der Waals surface area contributed by atoms with Crippen LogP contribution in [0, 0.1) is 0 Å². The van der Waals surface area contributed by atoms with Crippen molar-refractivity contribution in [1.82, 2.24) is 24.7 Å². The van der Waals surface area contributed by atoms with E-state index in [4.69, 9.17) is 25.8 Å². The molecule has 5 heterocycles. The first kappa shape index (κ1) is 19.9. The SMILES string of the molecule is C[C@@H]1C[C@H](n2c(Cc3noc(N4CC(O)C4)n3)nc3cnc4ccc(Cl)cc4c32)CCO1. The standard InChI is InChI=1S/C22H23ClN6O3/c1-12-6-14(4-5-31-12)29-20(8-19-26-22(32-27-19)28-10-15(30)11-28)25-18-9-24-17-3-2-13(23)7-16(17)21(18)29/h2-3,7,9,12,14-15,30H,4-6,8,10-11H2,1H3/t12-,14-/m1/s1. The van der Waals surface area contributed by atoms with E-state index in [1.807, 2.05) is 29.3 Å². The summed E-state index contributed by atoms with van der Waals surface area (Å²) in [6.45, 7) is 3.84. The highest BCUT2D eigenvalue weighted by atomic mass is 35.5. The number of aliphatic hydroxyl groups is 1. The topological polar surface area (TPSA) is 102 Å². The van der Waals surface area contributed by atoms with Crippen LogP contribution in [0.25, 0.3) is 21.9 Å². The average molecular weight is 455 g/mol. The number of aromatic nitrogens is 5. The maximum absolute atomic E-state index is 9.54. The van der Waals surface area contributed by atoms with Crippen molar-refractivity contribution in [3.8, 4) is 0 Å². The van der Waals surface area contributed by atoms with Crippen molar-refractivity contribution in [2.24, 2.45) is 0 Å². The molecule has 0 radical (unpaired) electrons. The molecule has 32 heavy (non-hydrogen) atoms. The summed E-state index contributed by atoms with van der Waals surface area (Å²) in [6.07, 6.45) is 3.88. The van der Waals surface area contributed by atoms with Crippen LogP contribution < -0.4 is 4.90 Å². The Balaban J connectivity index is 1.46. The van der Waals surface area contributed by atoms with E-state index in [9.17, 15) is 5.11 Å². The number of aliphatic hydroxyl groups excluding tert-OH is 1. The summed E-state index contributed by atoms with van der Waals surface area (Å²) >= 11 is 6.35. The monoisotopic (exact) mass is 454 g/mol. The Kier molecular flexibility index (Phi) is 4.78. The highest BCUT2D eigenvalue weighted by Gasteiger charge is 2.30. The molecule has 0 saturated carbocycles. The van der Waals surface area contributed by atoms with Crippen LogP contribution in [-0.4, -0.2) is 61.7 Å². The first-order chi connectivity index (χ1) is 15.5. The number of nitrogens with zero attached hydrogens (tertiary/aromatic N) is 6. The van der Waals surface area contributed by atoms with Gasteiger partial charge in [0, 0.05) is 23.1 Å². The lowest BCUT2D eigenvalue weighted by Gasteiger charge is -2.33. The van der Waals surface area contributed by atoms with Crippen LogP contribution in [0.1, 0.15) is 37.5 Å². The largest absolute Gasteiger partial charge is 0.389 e. The summed E-state index contributed by atoms with van der Waals surface area (Å²) < 4.78 is 13.5. The molecule has 0 bridgehead atoms. The Labute approximate surface area is 189 Å². The molecule has 6 rings (SSSR count). The minimum atomic E-state index is -0.335. The minimum Gasteiger partial charge on any atom is -0.389 e. The number of fused-ring (bicyclic) bond motifs is 3. The number of benzene rings is 1. The molecule has 1 N–H and O–H groups in total. The number of anilines is 1. The van der Waals surface area contributed by atoms with E-state index in [2.05, 4.69) is 26.6 Å². The molecular formula is C22H23ClN6O3. The normalized spacial score (nSPS) is 22.0. The summed E-state index contributed by atoms with van der Waals surface area (Å²) in [5.74, 6) is 1.43. The predicted molar refractivity (Wildman–Crippen MR) is 119 cm³/mol. The lowest BCUT2D eigenvalue weighted by molar-refractivity contribution is 0.00630. The summed E-state index contributed by atoms with van der Waals surface area (Å²) in [6, 6.07) is 6.42. The van der Waals surface area contributed by atoms with Gasteiger partial charge in [0.15, 0.2) is 5.82 Å². The molecule has 1 aromatic carbocycles. The molecular weight excluding hydrogens is 432 g/mol. The molecule has 166 valence electrons. The van der Waals surface area contributed by atoms with Crippen molar-refractivity contribution in [1.29, 1.82) is 0 Å². The van der Waals surface area contributed by atoms with Crippen molar-refractivity contribution in [3.63, 3.8) is 0 Å². The molecule has 0 spiro atoms. The van der Waals surface area contributed by atoms with E-state index < -0.39 is 0 Å². The molecule has 2 aliphatic heterocycles. The van der Waals surface area contributed by atoms with Crippen LogP contribution in [0.2, 0.25) is 5.02 Å². The van der Waals surface area contributed by atoms with E-state index >= 15 is 0 Å². The smallest absolute Gasteiger partial charge is 0.324 e. The van der Waals surface area contributed by atoms with E-state index in [-0.39, 0.29) is 18.2 Å². The third-order valence-corrected chi connectivity index (χ3v) is 6.51. The van der Waals surface area contributed by atoms with E-state index in [1.54, 1.807) is 0 Å². The van der Waals surface area contributed by atoms with Crippen LogP contribution in [0.3, 0.4) is 0 Å². The van der Waals surface area contributed by atoms with Gasteiger partial charge in [-0.1, -0.05) is 16.8 Å². The van der Waals surface area contributed by atoms with Gasteiger partial charge in [0.25, 0.3) is 0 Å². The van der Waals surface area contributed by atoms with E-state index in [1.165, 1.54) is 0 Å². The molecule has 2 fully saturated rings. The predicted octanol–water partition coefficient (Wildman–Crippen LogP) is 3.13. The molecule has 2 aliphatic rings. The Morgan fingerprint density at radius 3 is 2.91 bits per heavy atom. The molecule has 9 nitrogen and oxygen atoms in total. The quantitative estimate of drug-likeness (QED) is 0.501. The van der Waals surface area contributed by atoms with Crippen molar-refractivity contribution >= 4 is 39.6 Å². The Bertz CT molecular complexity index is 1300. The molecule has 2 saturated heterocycles. The lowest BCUT2D eigenvalue weighted by atomic mass is 10.0. The fourth-order valence-electron chi connectivity index (χ4n) is 4.72. The van der Waals surface area contributed by atoms with Crippen molar-refractivity contribution in [2.75, 3.05) is 24.6 Å². The second-order valence-electron chi connectivity index (χ2n) is 8.64. The first-order valence-corrected chi connectivity index (χ1v) is 11.2. The lowest BCUT2D eigenvalue weighted by Crippen LogP contribution is -2.51. The van der Waals surface area contributed by atoms with Gasteiger partial charge < -0.3 is 23.8 Å². The number of imidazole rings is 1. The molecule has 3 aromatic heterocycles. The first-order valence-electron chi connectivity index (χ1n) is 10.9. The molecule has 0 aliphatic carbocycles. The Morgan fingerprint density at radius 2 is 2.09 bits per heavy atom. The van der Waals surface area contributed by atoms with Crippen LogP contribution in [0.15, 0.2) is 28.9 Å². The molecule has 10 heteroatoms. The fourth-order valence-corrected chi connectivity index (χ4v) is 4.89. The van der Waals surface area contributed by atoms with Crippen molar-refractivity contribution in [3.05, 3.63) is 41.1 Å². The van der Waals surface area contributed by atoms with Gasteiger partial charge in [-0.25, -0.2) is 4.98 Å². The second-order valence-corrected chi connectivity index (χ2v) is 9.08. The number of rotatable bonds is 4. The van der Waals surface area contributed by atoms with Crippen LogP contribution >= 0.6 is 11.6 Å². The van der Waals surface area contributed by atoms with Crippen LogP contribution in [0.5, 0.6) is 0 Å². The van der Waals surface area contributed by atoms with Gasteiger partial charge in [0.2, 0.25) is 0 Å². The zero-order chi connectivity index (χ0) is 21.8. The Hall–Kier alpha value is -2.75. The third kappa shape index (κ3) is 3.41. The maximum Gasteiger partial charge on any atom is 0.324 e. The molecule has 2 atom stereocenters. The average Bonchev–Trinajstić information content (AvgIpc) is 3.36. The zero-order valence-corrected chi connectivity index (χ0v) is 18.4. The number of hydrogen-bond donors (Lipinski definition) is 1. The van der Waals surface area contributed by atoms with Gasteiger partial charge in [-0.15, -0.1) is 0 Å². The highest BCUT2D eigenvalue weighted by molar-refractivity contribution is 6.31. The number of β-amino-alcohol motifs (C(OH)–C–C–N with tert-alkyl or cyclic N) is 1. The van der Waals surface area contributed by atoms with Gasteiger partial charge >= 0.3 is 6.01 Å². The molecule has 0 unspecified atom stereocenters. The van der Waals surface area contributed by atoms with Gasteiger partial charge in [-0.05, 0) is 38.0 Å². The Morgan fingerprint density at radius 1 is 1.22 bits per heavy atom. The molecule has 0 amide bonds. The number of ether oxygens (including phenoxy) is 1. The van der Waals surface area contributed by atoms with E-state index in [0.29, 0.717) is 43.0 Å². The maximum atomic E-state index is 9.54. The minimum absolute atomic E-state index is 0.172. The summed E-state index contributed by atoms with van der Waals surface area (Å²) in [4.78, 5) is 15.9. The number of pyridine rings is 1.